The monoisotopic (exact) mass is 399 g/mol. The number of halogens is 1. The van der Waals surface area contributed by atoms with Crippen molar-refractivity contribution in [2.75, 3.05) is 18.5 Å². The molecule has 0 saturated carbocycles. The van der Waals surface area contributed by atoms with Crippen molar-refractivity contribution in [2.24, 2.45) is 0 Å². The molecule has 1 fully saturated rings. The van der Waals surface area contributed by atoms with Crippen LogP contribution in [0, 0.1) is 5.82 Å². The predicted molar refractivity (Wildman–Crippen MR) is 109 cm³/mol. The van der Waals surface area contributed by atoms with Crippen molar-refractivity contribution in [2.45, 2.75) is 38.8 Å². The minimum atomic E-state index is -0.653. The number of hydrogen-bond acceptors (Lipinski definition) is 3. The molecule has 2 aromatic carbocycles. The average molecular weight is 399 g/mol. The van der Waals surface area contributed by atoms with Gasteiger partial charge in [-0.3, -0.25) is 4.79 Å². The predicted octanol–water partition coefficient (Wildman–Crippen LogP) is 3.93. The van der Waals surface area contributed by atoms with E-state index in [0.29, 0.717) is 36.6 Å². The summed E-state index contributed by atoms with van der Waals surface area (Å²) in [7, 11) is 0. The highest BCUT2D eigenvalue weighted by molar-refractivity contribution is 5.93. The second-order valence-electron chi connectivity index (χ2n) is 6.91. The Labute approximate surface area is 170 Å². The van der Waals surface area contributed by atoms with Crippen LogP contribution in [0.25, 0.3) is 0 Å². The molecule has 6 nitrogen and oxygen atoms in total. The molecule has 1 heterocycles. The second-order valence-corrected chi connectivity index (χ2v) is 6.91. The Morgan fingerprint density at radius 1 is 1.21 bits per heavy atom. The van der Waals surface area contributed by atoms with Crippen molar-refractivity contribution < 1.29 is 18.7 Å². The minimum absolute atomic E-state index is 0.00756. The van der Waals surface area contributed by atoms with E-state index in [2.05, 4.69) is 10.6 Å². The summed E-state index contributed by atoms with van der Waals surface area (Å²) < 4.78 is 19.6. The van der Waals surface area contributed by atoms with E-state index in [1.807, 2.05) is 6.92 Å². The van der Waals surface area contributed by atoms with Gasteiger partial charge in [-0.2, -0.15) is 0 Å². The molecule has 0 bridgehead atoms. The molecule has 2 N–H and O–H groups in total. The maximum Gasteiger partial charge on any atom is 0.322 e. The Hall–Kier alpha value is -3.09. The van der Waals surface area contributed by atoms with Crippen LogP contribution in [0.15, 0.2) is 48.5 Å². The minimum Gasteiger partial charge on any atom is -0.494 e. The van der Waals surface area contributed by atoms with Gasteiger partial charge in [0.05, 0.1) is 13.2 Å². The third-order valence-electron chi connectivity index (χ3n) is 4.86. The van der Waals surface area contributed by atoms with Crippen molar-refractivity contribution in [3.8, 4) is 5.75 Å². The lowest BCUT2D eigenvalue weighted by molar-refractivity contribution is -0.125. The maximum absolute atomic E-state index is 14.2. The number of amides is 3. The van der Waals surface area contributed by atoms with E-state index < -0.39 is 17.9 Å². The number of carbonyl (C=O) groups is 2. The zero-order valence-electron chi connectivity index (χ0n) is 16.5. The van der Waals surface area contributed by atoms with E-state index in [1.165, 1.54) is 11.0 Å². The molecular formula is C22H26FN3O3. The molecule has 3 amide bonds. The molecule has 1 aliphatic heterocycles. The molecule has 2 aromatic rings. The first-order valence-electron chi connectivity index (χ1n) is 9.90. The van der Waals surface area contributed by atoms with Gasteiger partial charge in [-0.05, 0) is 56.5 Å². The maximum atomic E-state index is 14.2. The fourth-order valence-corrected chi connectivity index (χ4v) is 3.35. The van der Waals surface area contributed by atoms with E-state index in [1.54, 1.807) is 42.5 Å². The van der Waals surface area contributed by atoms with Crippen molar-refractivity contribution in [1.29, 1.82) is 0 Å². The number of nitrogens with zero attached hydrogens (tertiary/aromatic N) is 1. The fraction of sp³-hybridized carbons (Fsp3) is 0.364. The summed E-state index contributed by atoms with van der Waals surface area (Å²) >= 11 is 0. The molecule has 1 aliphatic rings. The fourth-order valence-electron chi connectivity index (χ4n) is 3.35. The summed E-state index contributed by atoms with van der Waals surface area (Å²) in [6.07, 6.45) is 2.21. The van der Waals surface area contributed by atoms with Crippen LogP contribution in [0.1, 0.15) is 31.7 Å². The van der Waals surface area contributed by atoms with Gasteiger partial charge in [-0.25, -0.2) is 9.18 Å². The van der Waals surface area contributed by atoms with Gasteiger partial charge < -0.3 is 20.3 Å². The van der Waals surface area contributed by atoms with Crippen LogP contribution in [0.5, 0.6) is 5.75 Å². The van der Waals surface area contributed by atoms with Crippen molar-refractivity contribution in [3.63, 3.8) is 0 Å². The lowest BCUT2D eigenvalue weighted by Gasteiger charge is -2.30. The first-order valence-corrected chi connectivity index (χ1v) is 9.90. The van der Waals surface area contributed by atoms with Gasteiger partial charge in [-0.15, -0.1) is 0 Å². The van der Waals surface area contributed by atoms with E-state index >= 15 is 0 Å². The average Bonchev–Trinajstić information content (AvgIpc) is 2.93. The highest BCUT2D eigenvalue weighted by Crippen LogP contribution is 2.21. The molecule has 0 spiro atoms. The molecule has 0 aliphatic carbocycles. The van der Waals surface area contributed by atoms with Gasteiger partial charge in [-0.1, -0.05) is 18.2 Å². The largest absolute Gasteiger partial charge is 0.494 e. The first-order chi connectivity index (χ1) is 14.1. The summed E-state index contributed by atoms with van der Waals surface area (Å²) in [5, 5.41) is 5.66. The molecule has 3 rings (SSSR count). The smallest absolute Gasteiger partial charge is 0.322 e. The SMILES string of the molecule is CCOc1ccc(NC(=O)N(Cc2ccccc2F)C2CCCCNC2=O)cc1. The Bertz CT molecular complexity index is 841. The van der Waals surface area contributed by atoms with Crippen LogP contribution in [0.2, 0.25) is 0 Å². The van der Waals surface area contributed by atoms with Crippen LogP contribution < -0.4 is 15.4 Å². The molecule has 0 radical (unpaired) electrons. The molecule has 1 saturated heterocycles. The van der Waals surface area contributed by atoms with Crippen LogP contribution in [0.3, 0.4) is 0 Å². The number of benzene rings is 2. The molecule has 0 aromatic heterocycles. The topological polar surface area (TPSA) is 70.7 Å². The van der Waals surface area contributed by atoms with E-state index in [9.17, 15) is 14.0 Å². The number of nitrogens with one attached hydrogen (secondary N) is 2. The molecular weight excluding hydrogens is 373 g/mol. The van der Waals surface area contributed by atoms with Gasteiger partial charge in [0.25, 0.3) is 0 Å². The lowest BCUT2D eigenvalue weighted by Crippen LogP contribution is -2.49. The van der Waals surface area contributed by atoms with Crippen molar-refractivity contribution >= 4 is 17.6 Å². The first kappa shape index (κ1) is 20.6. The zero-order valence-corrected chi connectivity index (χ0v) is 16.5. The number of rotatable bonds is 6. The number of ether oxygens (including phenoxy) is 1. The highest BCUT2D eigenvalue weighted by atomic mass is 19.1. The summed E-state index contributed by atoms with van der Waals surface area (Å²) in [5.41, 5.74) is 0.942. The number of hydrogen-bond donors (Lipinski definition) is 2. The van der Waals surface area contributed by atoms with Crippen LogP contribution >= 0.6 is 0 Å². The van der Waals surface area contributed by atoms with Crippen LogP contribution in [-0.4, -0.2) is 36.0 Å². The van der Waals surface area contributed by atoms with Gasteiger partial charge in [0.2, 0.25) is 5.91 Å². The molecule has 1 unspecified atom stereocenters. The number of anilines is 1. The van der Waals surface area contributed by atoms with Crippen molar-refractivity contribution in [1.82, 2.24) is 10.2 Å². The Kier molecular flexibility index (Phi) is 7.05. The Balaban J connectivity index is 1.81. The van der Waals surface area contributed by atoms with E-state index in [-0.39, 0.29) is 12.5 Å². The quantitative estimate of drug-likeness (QED) is 0.773. The number of urea groups is 1. The third-order valence-corrected chi connectivity index (χ3v) is 4.86. The summed E-state index contributed by atoms with van der Waals surface area (Å²) in [5.74, 6) is 0.0953. The van der Waals surface area contributed by atoms with Crippen LogP contribution in [-0.2, 0) is 11.3 Å². The summed E-state index contributed by atoms with van der Waals surface area (Å²) in [4.78, 5) is 27.1. The number of carbonyl (C=O) groups excluding carboxylic acids is 2. The zero-order chi connectivity index (χ0) is 20.6. The summed E-state index contributed by atoms with van der Waals surface area (Å²) in [6, 6.07) is 12.2. The van der Waals surface area contributed by atoms with E-state index in [4.69, 9.17) is 4.74 Å². The Morgan fingerprint density at radius 2 is 1.97 bits per heavy atom. The van der Waals surface area contributed by atoms with Crippen LogP contribution in [0.4, 0.5) is 14.9 Å². The Morgan fingerprint density at radius 3 is 2.69 bits per heavy atom. The van der Waals surface area contributed by atoms with E-state index in [0.717, 1.165) is 12.8 Å². The van der Waals surface area contributed by atoms with Gasteiger partial charge in [0.1, 0.15) is 17.6 Å². The normalized spacial score (nSPS) is 16.5. The van der Waals surface area contributed by atoms with Gasteiger partial charge in [0, 0.05) is 17.8 Å². The standard InChI is InChI=1S/C22H26FN3O3/c1-2-29-18-12-10-17(11-13-18)25-22(28)26(15-16-7-3-4-8-19(16)23)20-9-5-6-14-24-21(20)27/h3-4,7-8,10-13,20H,2,5-6,9,14-15H2,1H3,(H,24,27)(H,25,28). The molecule has 154 valence electrons. The lowest BCUT2D eigenvalue weighted by atomic mass is 10.1. The van der Waals surface area contributed by atoms with Crippen molar-refractivity contribution in [3.05, 3.63) is 59.9 Å². The summed E-state index contributed by atoms with van der Waals surface area (Å²) in [6.45, 7) is 3.05. The second kappa shape index (κ2) is 9.91. The molecule has 7 heteroatoms. The highest BCUT2D eigenvalue weighted by Gasteiger charge is 2.31. The molecule has 1 atom stereocenters. The van der Waals surface area contributed by atoms with Gasteiger partial charge >= 0.3 is 6.03 Å². The van der Waals surface area contributed by atoms with Gasteiger partial charge in [0.15, 0.2) is 0 Å². The molecule has 29 heavy (non-hydrogen) atoms. The third kappa shape index (κ3) is 5.47.